The minimum Gasteiger partial charge on any atom is -0.299 e. The molecule has 0 aromatic heterocycles. The zero-order chi connectivity index (χ0) is 14.2. The summed E-state index contributed by atoms with van der Waals surface area (Å²) in [5.74, 6) is -0.440. The van der Waals surface area contributed by atoms with E-state index in [0.717, 1.165) is 25.9 Å². The monoisotopic (exact) mass is 295 g/mol. The third kappa shape index (κ3) is 2.52. The lowest BCUT2D eigenvalue weighted by molar-refractivity contribution is 0.320. The highest BCUT2D eigenvalue weighted by molar-refractivity contribution is 7.95. The van der Waals surface area contributed by atoms with Crippen molar-refractivity contribution in [1.82, 2.24) is 4.90 Å². The minimum absolute atomic E-state index is 0.113. The third-order valence-electron chi connectivity index (χ3n) is 3.99. The van der Waals surface area contributed by atoms with Gasteiger partial charge in [-0.1, -0.05) is 18.9 Å². The number of likely N-dealkylation sites (tertiary alicyclic amines) is 1. The van der Waals surface area contributed by atoms with E-state index >= 15 is 0 Å². The fourth-order valence-corrected chi connectivity index (χ4v) is 4.49. The Morgan fingerprint density at radius 2 is 1.80 bits per heavy atom. The quantitative estimate of drug-likeness (QED) is 0.842. The van der Waals surface area contributed by atoms with Crippen LogP contribution in [-0.4, -0.2) is 33.0 Å². The molecule has 1 aromatic carbocycles. The van der Waals surface area contributed by atoms with Gasteiger partial charge in [0, 0.05) is 17.5 Å². The van der Waals surface area contributed by atoms with E-state index < -0.39 is 15.7 Å². The van der Waals surface area contributed by atoms with Crippen LogP contribution < -0.4 is 0 Å². The van der Waals surface area contributed by atoms with Crippen LogP contribution in [-0.2, 0) is 9.84 Å². The fraction of sp³-hybridized carbons (Fsp3) is 0.467. The van der Waals surface area contributed by atoms with Crippen LogP contribution in [0.15, 0.2) is 28.5 Å². The van der Waals surface area contributed by atoms with Crippen molar-refractivity contribution in [3.8, 4) is 0 Å². The van der Waals surface area contributed by atoms with Gasteiger partial charge in [0.05, 0.1) is 4.90 Å². The lowest BCUT2D eigenvalue weighted by Crippen LogP contribution is -2.26. The van der Waals surface area contributed by atoms with E-state index in [2.05, 4.69) is 4.90 Å². The molecule has 0 saturated carbocycles. The Balaban J connectivity index is 1.92. The molecular weight excluding hydrogens is 277 g/mol. The average Bonchev–Trinajstić information content (AvgIpc) is 2.58. The van der Waals surface area contributed by atoms with Gasteiger partial charge in [0.25, 0.3) is 0 Å². The van der Waals surface area contributed by atoms with E-state index in [1.165, 1.54) is 36.4 Å². The number of benzene rings is 1. The normalized spacial score (nSPS) is 22.1. The molecule has 1 aromatic rings. The molecule has 2 heterocycles. The minimum atomic E-state index is -3.47. The van der Waals surface area contributed by atoms with Gasteiger partial charge in [0.2, 0.25) is 9.84 Å². The van der Waals surface area contributed by atoms with E-state index in [9.17, 15) is 12.8 Å². The summed E-state index contributed by atoms with van der Waals surface area (Å²) in [6.07, 6.45) is 4.70. The number of fused-ring (bicyclic) bond motifs is 1. The van der Waals surface area contributed by atoms with Gasteiger partial charge in [0.15, 0.2) is 0 Å². The molecule has 0 atom stereocenters. The first-order valence-corrected chi connectivity index (χ1v) is 8.59. The summed E-state index contributed by atoms with van der Waals surface area (Å²) in [5.41, 5.74) is 0.872. The average molecular weight is 295 g/mol. The van der Waals surface area contributed by atoms with Crippen molar-refractivity contribution >= 4 is 15.4 Å². The predicted molar refractivity (Wildman–Crippen MR) is 76.5 cm³/mol. The van der Waals surface area contributed by atoms with Gasteiger partial charge < -0.3 is 0 Å². The Morgan fingerprint density at radius 3 is 2.50 bits per heavy atom. The molecule has 0 amide bonds. The van der Waals surface area contributed by atoms with E-state index in [0.29, 0.717) is 12.1 Å². The molecule has 0 unspecified atom stereocenters. The van der Waals surface area contributed by atoms with Crippen LogP contribution >= 0.6 is 0 Å². The molecule has 108 valence electrons. The molecule has 5 heteroatoms. The first-order valence-electron chi connectivity index (χ1n) is 7.05. The number of sulfone groups is 1. The summed E-state index contributed by atoms with van der Waals surface area (Å²) in [6, 6.07) is 4.27. The Bertz CT molecular complexity index is 644. The molecular formula is C15H18FNO2S. The standard InChI is InChI=1S/C15H18FNO2S/c16-13-6-5-7-14-15(13)12(11-20(14,18)19)10-17-8-3-1-2-4-9-17/h5-7,11H,1-4,8-10H2. The largest absolute Gasteiger partial charge is 0.299 e. The topological polar surface area (TPSA) is 37.4 Å². The van der Waals surface area contributed by atoms with Gasteiger partial charge in [-0.25, -0.2) is 12.8 Å². The van der Waals surface area contributed by atoms with Gasteiger partial charge in [-0.05, 0) is 43.6 Å². The highest BCUT2D eigenvalue weighted by Crippen LogP contribution is 2.35. The maximum absolute atomic E-state index is 14.0. The van der Waals surface area contributed by atoms with Crippen LogP contribution in [0.2, 0.25) is 0 Å². The molecule has 20 heavy (non-hydrogen) atoms. The SMILES string of the molecule is O=S1(=O)C=C(CN2CCCCCC2)c2c(F)cccc21. The maximum atomic E-state index is 14.0. The molecule has 0 radical (unpaired) electrons. The molecule has 2 aliphatic heterocycles. The highest BCUT2D eigenvalue weighted by atomic mass is 32.2. The lowest BCUT2D eigenvalue weighted by atomic mass is 10.1. The molecule has 3 rings (SSSR count). The highest BCUT2D eigenvalue weighted by Gasteiger charge is 2.30. The molecule has 0 aliphatic carbocycles. The summed E-state index contributed by atoms with van der Waals surface area (Å²) < 4.78 is 38.1. The number of halogens is 1. The maximum Gasteiger partial charge on any atom is 0.200 e. The van der Waals surface area contributed by atoms with Crippen LogP contribution in [0.5, 0.6) is 0 Å². The smallest absolute Gasteiger partial charge is 0.200 e. The van der Waals surface area contributed by atoms with E-state index in [1.54, 1.807) is 0 Å². The summed E-state index contributed by atoms with van der Waals surface area (Å²) in [5, 5.41) is 1.24. The third-order valence-corrected chi connectivity index (χ3v) is 5.54. The second-order valence-corrected chi connectivity index (χ2v) is 7.26. The summed E-state index contributed by atoms with van der Waals surface area (Å²) in [4.78, 5) is 2.35. The van der Waals surface area contributed by atoms with E-state index in [4.69, 9.17) is 0 Å². The van der Waals surface area contributed by atoms with Gasteiger partial charge >= 0.3 is 0 Å². The van der Waals surface area contributed by atoms with Crippen molar-refractivity contribution in [2.24, 2.45) is 0 Å². The Hall–Kier alpha value is -1.20. The van der Waals surface area contributed by atoms with Crippen LogP contribution in [0.3, 0.4) is 0 Å². The number of hydrogen-bond donors (Lipinski definition) is 0. The molecule has 0 N–H and O–H groups in total. The number of rotatable bonds is 2. The van der Waals surface area contributed by atoms with Crippen LogP contribution in [0.25, 0.3) is 5.57 Å². The van der Waals surface area contributed by atoms with Crippen LogP contribution in [0.4, 0.5) is 4.39 Å². The van der Waals surface area contributed by atoms with Crippen LogP contribution in [0.1, 0.15) is 31.2 Å². The molecule has 1 saturated heterocycles. The van der Waals surface area contributed by atoms with E-state index in [1.807, 2.05) is 0 Å². The molecule has 0 spiro atoms. The van der Waals surface area contributed by atoms with Gasteiger partial charge in [0.1, 0.15) is 5.82 Å². The molecule has 0 bridgehead atoms. The first-order chi connectivity index (χ1) is 9.58. The Labute approximate surface area is 119 Å². The van der Waals surface area contributed by atoms with Crippen molar-refractivity contribution in [2.75, 3.05) is 19.6 Å². The lowest BCUT2D eigenvalue weighted by Gasteiger charge is -2.20. The number of nitrogens with zero attached hydrogens (tertiary/aromatic N) is 1. The second-order valence-electron chi connectivity index (χ2n) is 5.49. The number of hydrogen-bond acceptors (Lipinski definition) is 3. The zero-order valence-corrected chi connectivity index (χ0v) is 12.1. The van der Waals surface area contributed by atoms with Crippen molar-refractivity contribution in [3.63, 3.8) is 0 Å². The molecule has 3 nitrogen and oxygen atoms in total. The molecule has 1 fully saturated rings. The van der Waals surface area contributed by atoms with E-state index in [-0.39, 0.29) is 10.5 Å². The van der Waals surface area contributed by atoms with Gasteiger partial charge in [-0.15, -0.1) is 0 Å². The van der Waals surface area contributed by atoms with Gasteiger partial charge in [-0.3, -0.25) is 4.90 Å². The fourth-order valence-electron chi connectivity index (χ4n) is 3.01. The van der Waals surface area contributed by atoms with Crippen molar-refractivity contribution in [3.05, 3.63) is 35.0 Å². The molecule has 2 aliphatic rings. The van der Waals surface area contributed by atoms with Gasteiger partial charge in [-0.2, -0.15) is 0 Å². The summed E-state index contributed by atoms with van der Waals surface area (Å²) in [6.45, 7) is 2.44. The van der Waals surface area contributed by atoms with Crippen molar-refractivity contribution < 1.29 is 12.8 Å². The van der Waals surface area contributed by atoms with Crippen molar-refractivity contribution in [2.45, 2.75) is 30.6 Å². The van der Waals surface area contributed by atoms with Crippen molar-refractivity contribution in [1.29, 1.82) is 0 Å². The Kier molecular flexibility index (Phi) is 3.65. The summed E-state index contributed by atoms with van der Waals surface area (Å²) in [7, 11) is -3.47. The summed E-state index contributed by atoms with van der Waals surface area (Å²) >= 11 is 0. The second kappa shape index (κ2) is 5.30. The first kappa shape index (κ1) is 13.8. The zero-order valence-electron chi connectivity index (χ0n) is 11.3. The predicted octanol–water partition coefficient (Wildman–Crippen LogP) is 2.83. The Morgan fingerprint density at radius 1 is 1.10 bits per heavy atom. The van der Waals surface area contributed by atoms with Crippen LogP contribution in [0, 0.1) is 5.82 Å².